The number of hydrogen-bond donors (Lipinski definition) is 1. The molecule has 5 heavy (non-hydrogen) atoms. The van der Waals surface area contributed by atoms with Crippen molar-refractivity contribution in [1.29, 1.82) is 0 Å². The molecule has 5 heteroatoms. The van der Waals surface area contributed by atoms with Crippen molar-refractivity contribution in [1.82, 2.24) is 0 Å². The predicted molar refractivity (Wildman–Crippen MR) is 15.6 cm³/mol. The highest BCUT2D eigenvalue weighted by Crippen LogP contribution is 1.82. The van der Waals surface area contributed by atoms with Crippen molar-refractivity contribution in [3.8, 4) is 0 Å². The van der Waals surface area contributed by atoms with Gasteiger partial charge in [-0.1, -0.05) is 0 Å². The first-order chi connectivity index (χ1) is 2.41. The first kappa shape index (κ1) is 5.27. The third kappa shape index (κ3) is 4.27. The van der Waals surface area contributed by atoms with Gasteiger partial charge in [0, 0.05) is 9.47 Å². The van der Waals surface area contributed by atoms with Gasteiger partial charge in [0.05, 0.1) is 0 Å². The van der Waals surface area contributed by atoms with E-state index in [2.05, 4.69) is 14.8 Å². The highest BCUT2D eigenvalue weighted by molar-refractivity contribution is 7.09. The minimum Gasteiger partial charge on any atom is -0.219 e. The second-order valence-electron chi connectivity index (χ2n) is 0.239. The molecule has 0 amide bonds. The van der Waals surface area contributed by atoms with Crippen molar-refractivity contribution in [2.24, 2.45) is 0 Å². The van der Waals surface area contributed by atoms with E-state index < -0.39 is 0 Å². The number of hydrogen-bond acceptors (Lipinski definition) is 4. The summed E-state index contributed by atoms with van der Waals surface area (Å²) in [6.07, 6.45) is 0. The Kier molecular flexibility index (Phi) is 4.50. The maximum atomic E-state index is 7.21. The summed E-state index contributed by atoms with van der Waals surface area (Å²) in [5.74, 6) is 0. The molecule has 0 saturated heterocycles. The van der Waals surface area contributed by atoms with Crippen LogP contribution < -0.4 is 0 Å². The fourth-order valence-electron chi connectivity index (χ4n) is 0.0176. The molecule has 1 unspecified atom stereocenters. The van der Waals surface area contributed by atoms with Gasteiger partial charge in [0.15, 0.2) is 0 Å². The van der Waals surface area contributed by atoms with Crippen LogP contribution >= 0.6 is 9.47 Å². The van der Waals surface area contributed by atoms with Crippen molar-refractivity contribution < 1.29 is 20.0 Å². The molecule has 0 fully saturated rings. The first-order valence-electron chi connectivity index (χ1n) is 0.752. The van der Waals surface area contributed by atoms with Gasteiger partial charge in [-0.25, -0.2) is 5.26 Å². The van der Waals surface area contributed by atoms with Gasteiger partial charge in [-0.3, -0.25) is 0 Å². The summed E-state index contributed by atoms with van der Waals surface area (Å²) >= 11 is 0. The second-order valence-corrected chi connectivity index (χ2v) is 0.431. The minimum atomic E-state index is 1.69. The summed E-state index contributed by atoms with van der Waals surface area (Å²) < 4.78 is 3.64. The predicted octanol–water partition coefficient (Wildman–Crippen LogP) is 0.129. The van der Waals surface area contributed by atoms with Gasteiger partial charge >= 0.3 is 0 Å². The summed E-state index contributed by atoms with van der Waals surface area (Å²) in [4.78, 5) is 0. The minimum absolute atomic E-state index is 1.69. The Morgan fingerprint density at radius 2 is 2.20 bits per heavy atom. The van der Waals surface area contributed by atoms with Crippen LogP contribution in [-0.4, -0.2) is 5.26 Å². The zero-order valence-electron chi connectivity index (χ0n) is 2.25. The van der Waals surface area contributed by atoms with Gasteiger partial charge in [-0.2, -0.15) is 4.67 Å². The largest absolute Gasteiger partial charge is 0.219 e. The first-order valence-corrected chi connectivity index (χ1v) is 1.22. The van der Waals surface area contributed by atoms with Crippen LogP contribution in [0.4, 0.5) is 0 Å². The molecule has 1 N–H and O–H groups in total. The summed E-state index contributed by atoms with van der Waals surface area (Å²) in [6, 6.07) is 0. The van der Waals surface area contributed by atoms with Crippen LogP contribution in [-0.2, 0) is 14.8 Å². The molecule has 0 radical (unpaired) electrons. The van der Waals surface area contributed by atoms with Crippen LogP contribution in [0.15, 0.2) is 0 Å². The molecule has 1 atom stereocenters. The van der Waals surface area contributed by atoms with Gasteiger partial charge in [-0.15, -0.1) is 0 Å². The van der Waals surface area contributed by atoms with Crippen LogP contribution in [0, 0.1) is 0 Å². The number of rotatable bonds is 2. The lowest BCUT2D eigenvalue weighted by Crippen LogP contribution is -1.78. The smallest absolute Gasteiger partial charge is 0.0457 e. The van der Waals surface area contributed by atoms with Crippen molar-refractivity contribution in [2.45, 2.75) is 0 Å². The molecule has 32 valence electrons. The molecule has 0 spiro atoms. The zero-order chi connectivity index (χ0) is 4.12. The standard InChI is InChI=1S/H3O4P/c1-2-3-4-5/h1H,5H2. The van der Waals surface area contributed by atoms with Crippen LogP contribution in [0.5, 0.6) is 0 Å². The highest BCUT2D eigenvalue weighted by Gasteiger charge is 1.65. The Balaban J connectivity index is 2.19. The maximum Gasteiger partial charge on any atom is 0.0457 e. The molecule has 0 aromatic heterocycles. The summed E-state index contributed by atoms with van der Waals surface area (Å²) in [6.45, 7) is 0. The maximum absolute atomic E-state index is 7.21. The van der Waals surface area contributed by atoms with E-state index in [9.17, 15) is 0 Å². The van der Waals surface area contributed by atoms with Gasteiger partial charge in [0.2, 0.25) is 0 Å². The fourth-order valence-corrected chi connectivity index (χ4v) is 0.0527. The third-order valence-corrected chi connectivity index (χ3v) is 0.148. The highest BCUT2D eigenvalue weighted by atomic mass is 31.0. The SMILES string of the molecule is OOOOP. The molecule has 0 bridgehead atoms. The van der Waals surface area contributed by atoms with E-state index in [4.69, 9.17) is 5.26 Å². The Labute approximate surface area is 30.7 Å². The van der Waals surface area contributed by atoms with E-state index >= 15 is 0 Å². The molecule has 4 nitrogen and oxygen atoms in total. The molecule has 0 saturated carbocycles. The zero-order valence-corrected chi connectivity index (χ0v) is 3.40. The van der Waals surface area contributed by atoms with Crippen LogP contribution in [0.3, 0.4) is 0 Å². The lowest BCUT2D eigenvalue weighted by molar-refractivity contribution is -0.592. The lowest BCUT2D eigenvalue weighted by Gasteiger charge is -1.82. The summed E-state index contributed by atoms with van der Waals surface area (Å²) in [7, 11) is 1.69. The van der Waals surface area contributed by atoms with E-state index in [0.717, 1.165) is 0 Å². The van der Waals surface area contributed by atoms with E-state index in [1.54, 1.807) is 9.47 Å². The normalized spacial score (nSPS) is 8.40. The molecule has 0 aliphatic heterocycles. The fraction of sp³-hybridized carbons (Fsp3) is 0. The van der Waals surface area contributed by atoms with Crippen LogP contribution in [0.25, 0.3) is 0 Å². The molecule has 0 aliphatic rings. The average Bonchev–Trinajstić information content (AvgIpc) is 1.41. The monoisotopic (exact) mass is 98.0 g/mol. The molecule has 0 heterocycles. The van der Waals surface area contributed by atoms with E-state index in [0.29, 0.717) is 0 Å². The van der Waals surface area contributed by atoms with Gasteiger partial charge < -0.3 is 0 Å². The second kappa shape index (κ2) is 4.27. The summed E-state index contributed by atoms with van der Waals surface area (Å²) in [5, 5.41) is 13.5. The molecular formula is H3O4P. The molecule has 0 aromatic rings. The van der Waals surface area contributed by atoms with Crippen molar-refractivity contribution >= 4 is 9.47 Å². The average molecular weight is 98.0 g/mol. The quantitative estimate of drug-likeness (QED) is 0.303. The Bertz CT molecular complexity index is 11.1. The topological polar surface area (TPSA) is 47.9 Å². The Morgan fingerprint density at radius 1 is 1.60 bits per heavy atom. The summed E-state index contributed by atoms with van der Waals surface area (Å²) in [5.41, 5.74) is 0. The van der Waals surface area contributed by atoms with Crippen molar-refractivity contribution in [2.75, 3.05) is 0 Å². The van der Waals surface area contributed by atoms with E-state index in [1.165, 1.54) is 0 Å². The Hall–Kier alpha value is 0.270. The van der Waals surface area contributed by atoms with E-state index in [-0.39, 0.29) is 0 Å². The molecular weight excluding hydrogens is 95.0 g/mol. The molecule has 0 rings (SSSR count). The Morgan fingerprint density at radius 3 is 2.20 bits per heavy atom. The lowest BCUT2D eigenvalue weighted by atomic mass is 14.4. The van der Waals surface area contributed by atoms with E-state index in [1.807, 2.05) is 0 Å². The van der Waals surface area contributed by atoms with Gasteiger partial charge in [0.25, 0.3) is 0 Å². The van der Waals surface area contributed by atoms with Crippen LogP contribution in [0.1, 0.15) is 0 Å². The van der Waals surface area contributed by atoms with Gasteiger partial charge in [-0.05, 0) is 10.1 Å². The van der Waals surface area contributed by atoms with Crippen LogP contribution in [0.2, 0.25) is 0 Å². The molecule has 0 aromatic carbocycles. The van der Waals surface area contributed by atoms with Crippen molar-refractivity contribution in [3.05, 3.63) is 0 Å². The van der Waals surface area contributed by atoms with Crippen molar-refractivity contribution in [3.63, 3.8) is 0 Å². The van der Waals surface area contributed by atoms with Gasteiger partial charge in [0.1, 0.15) is 0 Å². The molecule has 0 aliphatic carbocycles. The third-order valence-electron chi connectivity index (χ3n) is 0.0697.